The molecule has 0 aliphatic heterocycles. The van der Waals surface area contributed by atoms with Crippen molar-refractivity contribution in [2.24, 2.45) is 0 Å². The van der Waals surface area contributed by atoms with Crippen molar-refractivity contribution in [1.29, 1.82) is 0 Å². The van der Waals surface area contributed by atoms with Crippen LogP contribution in [0.15, 0.2) is 0 Å². The minimum atomic E-state index is 0.110. The Kier molecular flexibility index (Phi) is 23.7. The summed E-state index contributed by atoms with van der Waals surface area (Å²) in [4.78, 5) is 0. The van der Waals surface area contributed by atoms with Gasteiger partial charge in [-0.1, -0.05) is 13.8 Å². The summed E-state index contributed by atoms with van der Waals surface area (Å²) in [5.74, 6) is 0. The first-order valence-corrected chi connectivity index (χ1v) is 11.3. The molecule has 0 atom stereocenters. The number of hydrogen-bond donors (Lipinski definition) is 0. The Balaban J connectivity index is 0. The van der Waals surface area contributed by atoms with Gasteiger partial charge >= 0.3 is 32.3 Å². The van der Waals surface area contributed by atoms with Crippen LogP contribution in [0, 0.1) is 0 Å². The van der Waals surface area contributed by atoms with Crippen LogP contribution in [-0.4, -0.2) is 35.2 Å². The van der Waals surface area contributed by atoms with E-state index in [1.165, 1.54) is 20.9 Å². The Morgan fingerprint density at radius 2 is 1.38 bits per heavy atom. The van der Waals surface area contributed by atoms with Crippen molar-refractivity contribution in [2.45, 2.75) is 23.2 Å². The third-order valence-electron chi connectivity index (χ3n) is 0.500. The molecule has 0 amide bonds. The van der Waals surface area contributed by atoms with E-state index >= 15 is 0 Å². The van der Waals surface area contributed by atoms with E-state index in [-0.39, 0.29) is 22.9 Å². The quantitative estimate of drug-likeness (QED) is 0.645. The van der Waals surface area contributed by atoms with E-state index in [1.54, 1.807) is 0 Å². The maximum atomic E-state index is 2.32. The van der Waals surface area contributed by atoms with E-state index in [4.69, 9.17) is 0 Å². The second-order valence-electron chi connectivity index (χ2n) is 1.53. The molecule has 0 aliphatic carbocycles. The van der Waals surface area contributed by atoms with Crippen molar-refractivity contribution in [3.8, 4) is 0 Å². The average Bonchev–Trinajstić information content (AvgIpc) is 1.71. The molecule has 0 nitrogen and oxygen atoms in total. The summed E-state index contributed by atoms with van der Waals surface area (Å²) in [6, 6.07) is 0. The van der Waals surface area contributed by atoms with E-state index in [2.05, 4.69) is 23.2 Å². The summed E-state index contributed by atoms with van der Waals surface area (Å²) in [7, 11) is 1.20. The van der Waals surface area contributed by atoms with Crippen molar-refractivity contribution in [2.75, 3.05) is 12.3 Å². The van der Waals surface area contributed by atoms with Crippen LogP contribution in [0.2, 0.25) is 9.36 Å². The van der Waals surface area contributed by atoms with Crippen molar-refractivity contribution >= 4 is 31.5 Å². The van der Waals surface area contributed by atoms with Gasteiger partial charge in [-0.15, -0.1) is 8.58 Å². The summed E-state index contributed by atoms with van der Waals surface area (Å²) in [5, 5.41) is 0. The van der Waals surface area contributed by atoms with E-state index < -0.39 is 0 Å². The standard InChI is InChI=1S/C4H11P.2CH3.In/c1-3-5-4-2;;;/h5H,3-4H2,1-2H3;2*1H3;. The van der Waals surface area contributed by atoms with E-state index in [1.807, 2.05) is 0 Å². The summed E-state index contributed by atoms with van der Waals surface area (Å²) in [6.07, 6.45) is 2.74. The SMILES string of the molecule is CCPCC.[CH3][In][CH3]. The molecule has 1 radical (unpaired) electrons. The third kappa shape index (κ3) is 26.6. The van der Waals surface area contributed by atoms with Gasteiger partial charge in [-0.2, -0.15) is 0 Å². The molecule has 2 heteroatoms. The van der Waals surface area contributed by atoms with Gasteiger partial charge in [-0.25, -0.2) is 0 Å². The molecular weight excluding hydrogens is 218 g/mol. The molecule has 0 N–H and O–H groups in total. The van der Waals surface area contributed by atoms with E-state index in [0.717, 1.165) is 0 Å². The molecule has 0 aromatic heterocycles. The molecule has 0 heterocycles. The van der Waals surface area contributed by atoms with Crippen LogP contribution in [0.5, 0.6) is 0 Å². The Hall–Kier alpha value is 1.30. The molecular formula is C6H17InP. The fourth-order valence-electron chi connectivity index (χ4n) is 0.250. The van der Waals surface area contributed by atoms with Crippen molar-refractivity contribution in [1.82, 2.24) is 0 Å². The Bertz CT molecular complexity index is 22.5. The van der Waals surface area contributed by atoms with Gasteiger partial charge in [-0.05, 0) is 12.3 Å². The molecule has 8 heavy (non-hydrogen) atoms. The van der Waals surface area contributed by atoms with Gasteiger partial charge in [0.2, 0.25) is 0 Å². The summed E-state index contributed by atoms with van der Waals surface area (Å²) >= 11 is 0.110. The Labute approximate surface area is 67.0 Å². The Morgan fingerprint density at radius 3 is 1.38 bits per heavy atom. The molecule has 0 aromatic rings. The molecule has 0 unspecified atom stereocenters. The summed E-state index contributed by atoms with van der Waals surface area (Å²) in [5.41, 5.74) is 0. The molecule has 0 rings (SSSR count). The normalized spacial score (nSPS) is 7.00. The first-order valence-electron chi connectivity index (χ1n) is 3.28. The van der Waals surface area contributed by atoms with Crippen molar-refractivity contribution in [3.63, 3.8) is 0 Å². The van der Waals surface area contributed by atoms with Crippen molar-refractivity contribution in [3.05, 3.63) is 0 Å². The fraction of sp³-hybridized carbons (Fsp3) is 1.00. The average molecular weight is 235 g/mol. The zero-order valence-corrected chi connectivity index (χ0v) is 10.8. The van der Waals surface area contributed by atoms with Gasteiger partial charge in [0, 0.05) is 0 Å². The molecule has 0 aromatic carbocycles. The molecule has 0 saturated carbocycles. The summed E-state index contributed by atoms with van der Waals surface area (Å²) < 4.78 is 4.63. The van der Waals surface area contributed by atoms with Gasteiger partial charge in [-0.3, -0.25) is 0 Å². The molecule has 0 fully saturated rings. The van der Waals surface area contributed by atoms with Gasteiger partial charge < -0.3 is 0 Å². The van der Waals surface area contributed by atoms with Gasteiger partial charge in [0.1, 0.15) is 0 Å². The Morgan fingerprint density at radius 1 is 1.12 bits per heavy atom. The molecule has 0 spiro atoms. The number of hydrogen-bond acceptors (Lipinski definition) is 0. The topological polar surface area (TPSA) is 0 Å². The first kappa shape index (κ1) is 12.0. The van der Waals surface area contributed by atoms with Crippen LogP contribution >= 0.6 is 8.58 Å². The van der Waals surface area contributed by atoms with Gasteiger partial charge in [0.15, 0.2) is 0 Å². The van der Waals surface area contributed by atoms with E-state index in [9.17, 15) is 0 Å². The monoisotopic (exact) mass is 235 g/mol. The third-order valence-corrected chi connectivity index (χ3v) is 1.50. The van der Waals surface area contributed by atoms with Crippen LogP contribution in [0.3, 0.4) is 0 Å². The molecule has 0 bridgehead atoms. The van der Waals surface area contributed by atoms with Crippen LogP contribution in [0.4, 0.5) is 0 Å². The predicted molar refractivity (Wildman–Crippen MR) is 46.9 cm³/mol. The second-order valence-corrected chi connectivity index (χ2v) is 6.74. The zero-order valence-electron chi connectivity index (χ0n) is 6.49. The van der Waals surface area contributed by atoms with Crippen LogP contribution in [0.1, 0.15) is 13.8 Å². The van der Waals surface area contributed by atoms with Gasteiger partial charge in [0.05, 0.1) is 0 Å². The van der Waals surface area contributed by atoms with Crippen LogP contribution in [-0.2, 0) is 0 Å². The van der Waals surface area contributed by atoms with Crippen LogP contribution in [0.25, 0.3) is 0 Å². The molecule has 49 valence electrons. The van der Waals surface area contributed by atoms with Gasteiger partial charge in [0.25, 0.3) is 0 Å². The van der Waals surface area contributed by atoms with Crippen molar-refractivity contribution < 1.29 is 0 Å². The second kappa shape index (κ2) is 15.7. The minimum absolute atomic E-state index is 0.110. The number of rotatable bonds is 2. The first-order chi connectivity index (χ1) is 3.83. The van der Waals surface area contributed by atoms with E-state index in [0.29, 0.717) is 0 Å². The zero-order chi connectivity index (χ0) is 6.83. The van der Waals surface area contributed by atoms with Crippen LogP contribution < -0.4 is 0 Å². The summed E-state index contributed by atoms with van der Waals surface area (Å²) in [6.45, 7) is 4.45. The predicted octanol–water partition coefficient (Wildman–Crippen LogP) is 2.49. The molecule has 0 saturated heterocycles. The molecule has 0 aliphatic rings. The maximum absolute atomic E-state index is 2.32. The fourth-order valence-corrected chi connectivity index (χ4v) is 0.750.